The van der Waals surface area contributed by atoms with Crippen LogP contribution in [0.3, 0.4) is 0 Å². The van der Waals surface area contributed by atoms with E-state index in [1.54, 1.807) is 18.2 Å². The molecule has 3 rings (SSSR count). The molecule has 1 aromatic carbocycles. The minimum absolute atomic E-state index is 0.0726. The molecule has 2 amide bonds. The molecular formula is C17H22N2O3. The molecule has 1 atom stereocenters. The lowest BCUT2D eigenvalue weighted by molar-refractivity contribution is -0.135. The Bertz CT molecular complexity index is 596. The van der Waals surface area contributed by atoms with E-state index < -0.39 is 0 Å². The zero-order valence-electron chi connectivity index (χ0n) is 12.8. The molecule has 0 radical (unpaired) electrons. The summed E-state index contributed by atoms with van der Waals surface area (Å²) in [6.07, 6.45) is 3.66. The standard InChI is InChI=1S/C17H22N2O3/c1-11-4-7-14(9-15(11)20)18-16(21)13-3-2-8-19(10-13)17(22)12-5-6-12/h4,7,9,12-13,20H,2-3,5-6,8,10H2,1H3,(H,18,21). The quantitative estimate of drug-likeness (QED) is 0.900. The molecule has 1 aliphatic carbocycles. The number of amides is 2. The number of hydrogen-bond acceptors (Lipinski definition) is 3. The molecule has 2 N–H and O–H groups in total. The van der Waals surface area contributed by atoms with Crippen LogP contribution in [0.25, 0.3) is 0 Å². The predicted octanol–water partition coefficient (Wildman–Crippen LogP) is 2.29. The van der Waals surface area contributed by atoms with Gasteiger partial charge in [0, 0.05) is 30.8 Å². The van der Waals surface area contributed by atoms with Gasteiger partial charge in [0.2, 0.25) is 11.8 Å². The van der Waals surface area contributed by atoms with Crippen molar-refractivity contribution in [2.75, 3.05) is 18.4 Å². The van der Waals surface area contributed by atoms with Gasteiger partial charge < -0.3 is 15.3 Å². The van der Waals surface area contributed by atoms with E-state index in [0.717, 1.165) is 37.8 Å². The second-order valence-electron chi connectivity index (χ2n) is 6.39. The summed E-state index contributed by atoms with van der Waals surface area (Å²) in [7, 11) is 0. The smallest absolute Gasteiger partial charge is 0.229 e. The predicted molar refractivity (Wildman–Crippen MR) is 83.5 cm³/mol. The van der Waals surface area contributed by atoms with Crippen LogP contribution >= 0.6 is 0 Å². The SMILES string of the molecule is Cc1ccc(NC(=O)C2CCCN(C(=O)C3CC3)C2)cc1O. The number of benzene rings is 1. The van der Waals surface area contributed by atoms with Crippen molar-refractivity contribution in [3.8, 4) is 5.75 Å². The third-order valence-electron chi connectivity index (χ3n) is 4.51. The molecule has 1 saturated carbocycles. The third-order valence-corrected chi connectivity index (χ3v) is 4.51. The van der Waals surface area contributed by atoms with E-state index >= 15 is 0 Å². The number of phenols is 1. The van der Waals surface area contributed by atoms with E-state index in [1.165, 1.54) is 0 Å². The first-order valence-electron chi connectivity index (χ1n) is 7.94. The number of rotatable bonds is 3. The molecular weight excluding hydrogens is 280 g/mol. The van der Waals surface area contributed by atoms with Gasteiger partial charge in [0.25, 0.3) is 0 Å². The fourth-order valence-corrected chi connectivity index (χ4v) is 2.91. The molecule has 0 bridgehead atoms. The highest BCUT2D eigenvalue weighted by atomic mass is 16.3. The number of carbonyl (C=O) groups excluding carboxylic acids is 2. The fourth-order valence-electron chi connectivity index (χ4n) is 2.91. The molecule has 5 heteroatoms. The summed E-state index contributed by atoms with van der Waals surface area (Å²) in [5, 5.41) is 12.5. The first kappa shape index (κ1) is 14.9. The van der Waals surface area contributed by atoms with E-state index in [9.17, 15) is 14.7 Å². The Morgan fingerprint density at radius 2 is 2.00 bits per heavy atom. The molecule has 0 aromatic heterocycles. The minimum Gasteiger partial charge on any atom is -0.508 e. The van der Waals surface area contributed by atoms with Gasteiger partial charge in [0.1, 0.15) is 5.75 Å². The van der Waals surface area contributed by atoms with Crippen LogP contribution in [0.5, 0.6) is 5.75 Å². The fraction of sp³-hybridized carbons (Fsp3) is 0.529. The highest BCUT2D eigenvalue weighted by Crippen LogP contribution is 2.32. The van der Waals surface area contributed by atoms with Crippen LogP contribution in [0, 0.1) is 18.8 Å². The maximum Gasteiger partial charge on any atom is 0.229 e. The van der Waals surface area contributed by atoms with Crippen LogP contribution in [0.2, 0.25) is 0 Å². The van der Waals surface area contributed by atoms with Gasteiger partial charge in [-0.3, -0.25) is 9.59 Å². The molecule has 1 unspecified atom stereocenters. The summed E-state index contributed by atoms with van der Waals surface area (Å²) in [6.45, 7) is 3.09. The van der Waals surface area contributed by atoms with E-state index in [0.29, 0.717) is 12.2 Å². The van der Waals surface area contributed by atoms with Crippen molar-refractivity contribution in [1.29, 1.82) is 0 Å². The number of aryl methyl sites for hydroxylation is 1. The number of hydrogen-bond donors (Lipinski definition) is 2. The molecule has 2 fully saturated rings. The molecule has 1 saturated heterocycles. The Hall–Kier alpha value is -2.04. The Morgan fingerprint density at radius 1 is 1.23 bits per heavy atom. The van der Waals surface area contributed by atoms with E-state index in [2.05, 4.69) is 5.32 Å². The average molecular weight is 302 g/mol. The lowest BCUT2D eigenvalue weighted by atomic mass is 9.96. The van der Waals surface area contributed by atoms with Crippen LogP contribution in [0.4, 0.5) is 5.69 Å². The lowest BCUT2D eigenvalue weighted by Gasteiger charge is -2.32. The topological polar surface area (TPSA) is 69.6 Å². The largest absolute Gasteiger partial charge is 0.508 e. The zero-order valence-corrected chi connectivity index (χ0v) is 12.8. The number of nitrogens with zero attached hydrogens (tertiary/aromatic N) is 1. The first-order valence-corrected chi connectivity index (χ1v) is 7.94. The highest BCUT2D eigenvalue weighted by Gasteiger charge is 2.36. The number of nitrogens with one attached hydrogen (secondary N) is 1. The third kappa shape index (κ3) is 3.24. The lowest BCUT2D eigenvalue weighted by Crippen LogP contribution is -2.44. The number of carbonyl (C=O) groups is 2. The zero-order chi connectivity index (χ0) is 15.7. The summed E-state index contributed by atoms with van der Waals surface area (Å²) >= 11 is 0. The van der Waals surface area contributed by atoms with Gasteiger partial charge in [0.05, 0.1) is 5.92 Å². The van der Waals surface area contributed by atoms with Crippen LogP contribution < -0.4 is 5.32 Å². The van der Waals surface area contributed by atoms with Gasteiger partial charge in [-0.05, 0) is 44.2 Å². The van der Waals surface area contributed by atoms with Gasteiger partial charge >= 0.3 is 0 Å². The van der Waals surface area contributed by atoms with Crippen LogP contribution in [0.1, 0.15) is 31.2 Å². The second kappa shape index (κ2) is 5.99. The van der Waals surface area contributed by atoms with Crippen molar-refractivity contribution in [3.05, 3.63) is 23.8 Å². The molecule has 0 spiro atoms. The van der Waals surface area contributed by atoms with Gasteiger partial charge in [-0.25, -0.2) is 0 Å². The molecule has 2 aliphatic rings. The number of phenolic OH excluding ortho intramolecular Hbond substituents is 1. The Kier molecular flexibility index (Phi) is 4.05. The molecule has 118 valence electrons. The van der Waals surface area contributed by atoms with E-state index in [1.807, 2.05) is 11.8 Å². The Balaban J connectivity index is 1.61. The summed E-state index contributed by atoms with van der Waals surface area (Å²) < 4.78 is 0. The van der Waals surface area contributed by atoms with E-state index in [4.69, 9.17) is 0 Å². The Labute approximate surface area is 130 Å². The summed E-state index contributed by atoms with van der Waals surface area (Å²) in [5.41, 5.74) is 1.37. The van der Waals surface area contributed by atoms with Crippen molar-refractivity contribution < 1.29 is 14.7 Å². The van der Waals surface area contributed by atoms with E-state index in [-0.39, 0.29) is 29.4 Å². The monoisotopic (exact) mass is 302 g/mol. The van der Waals surface area contributed by atoms with Crippen LogP contribution in [-0.2, 0) is 9.59 Å². The van der Waals surface area contributed by atoms with Crippen molar-refractivity contribution in [1.82, 2.24) is 4.90 Å². The van der Waals surface area contributed by atoms with Gasteiger partial charge in [0.15, 0.2) is 0 Å². The second-order valence-corrected chi connectivity index (χ2v) is 6.39. The summed E-state index contributed by atoms with van der Waals surface area (Å²) in [5.74, 6) is 0.352. The normalized spacial score (nSPS) is 21.5. The van der Waals surface area contributed by atoms with Crippen molar-refractivity contribution in [3.63, 3.8) is 0 Å². The summed E-state index contributed by atoms with van der Waals surface area (Å²) in [4.78, 5) is 26.4. The number of likely N-dealkylation sites (tertiary alicyclic amines) is 1. The molecule has 1 aliphatic heterocycles. The maximum absolute atomic E-state index is 12.4. The van der Waals surface area contributed by atoms with Crippen molar-refractivity contribution in [2.45, 2.75) is 32.6 Å². The van der Waals surface area contributed by atoms with Crippen molar-refractivity contribution in [2.24, 2.45) is 11.8 Å². The molecule has 22 heavy (non-hydrogen) atoms. The average Bonchev–Trinajstić information content (AvgIpc) is 3.35. The van der Waals surface area contributed by atoms with Crippen molar-refractivity contribution >= 4 is 17.5 Å². The van der Waals surface area contributed by atoms with Gasteiger partial charge in [-0.15, -0.1) is 0 Å². The Morgan fingerprint density at radius 3 is 2.68 bits per heavy atom. The number of anilines is 1. The number of aromatic hydroxyl groups is 1. The first-order chi connectivity index (χ1) is 10.5. The molecule has 5 nitrogen and oxygen atoms in total. The van der Waals surface area contributed by atoms with Gasteiger partial charge in [-0.1, -0.05) is 6.07 Å². The van der Waals surface area contributed by atoms with Crippen LogP contribution in [0.15, 0.2) is 18.2 Å². The van der Waals surface area contributed by atoms with Crippen LogP contribution in [-0.4, -0.2) is 34.9 Å². The highest BCUT2D eigenvalue weighted by molar-refractivity contribution is 5.93. The molecule has 1 heterocycles. The maximum atomic E-state index is 12.4. The van der Waals surface area contributed by atoms with Gasteiger partial charge in [-0.2, -0.15) is 0 Å². The number of piperidine rings is 1. The summed E-state index contributed by atoms with van der Waals surface area (Å²) in [6, 6.07) is 5.11. The minimum atomic E-state index is -0.167. The molecule has 1 aromatic rings.